The Morgan fingerprint density at radius 1 is 1.00 bits per heavy atom. The number of pyridine rings is 2. The molecule has 0 bridgehead atoms. The highest BCUT2D eigenvalue weighted by molar-refractivity contribution is 5.21. The molecule has 0 saturated carbocycles. The predicted molar refractivity (Wildman–Crippen MR) is 50.8 cm³/mol. The lowest BCUT2D eigenvalue weighted by Gasteiger charge is -2.04. The van der Waals surface area contributed by atoms with Crippen molar-refractivity contribution in [3.63, 3.8) is 0 Å². The van der Waals surface area contributed by atoms with Crippen LogP contribution in [-0.4, -0.2) is 4.98 Å². The molecule has 2 nitrogen and oxygen atoms in total. The molecule has 0 aliphatic heterocycles. The Morgan fingerprint density at radius 3 is 2.12 bits per heavy atom. The van der Waals surface area contributed by atoms with Crippen LogP contribution < -0.4 is 17.0 Å². The van der Waals surface area contributed by atoms with Gasteiger partial charge in [-0.2, -0.15) is 17.7 Å². The van der Waals surface area contributed by atoms with Crippen LogP contribution in [0.15, 0.2) is 48.9 Å². The minimum atomic E-state index is -4.39. The summed E-state index contributed by atoms with van der Waals surface area (Å²) >= 11 is 0. The van der Waals surface area contributed by atoms with E-state index in [4.69, 9.17) is 0 Å². The lowest BCUT2D eigenvalue weighted by Crippen LogP contribution is -3.00. The fraction of sp³-hybridized carbons (Fsp3) is 0.0909. The zero-order chi connectivity index (χ0) is 11.6. The van der Waals surface area contributed by atoms with Crippen molar-refractivity contribution in [1.82, 2.24) is 4.98 Å². The standard InChI is InChI=1S/C11H8F3N2.ClH/c12-11(13,14)10-5-4-9(8-15-10)16-6-2-1-3-7-16;/h1-8H;1H/q+1;/p-1. The second-order valence-corrected chi connectivity index (χ2v) is 3.18. The van der Waals surface area contributed by atoms with Crippen LogP contribution in [0.1, 0.15) is 5.69 Å². The maximum absolute atomic E-state index is 12.3. The largest absolute Gasteiger partial charge is 1.00 e. The first-order valence-corrected chi connectivity index (χ1v) is 4.57. The van der Waals surface area contributed by atoms with Crippen molar-refractivity contribution in [3.05, 3.63) is 54.6 Å². The Kier molecular flexibility index (Phi) is 4.07. The van der Waals surface area contributed by atoms with Crippen molar-refractivity contribution < 1.29 is 30.1 Å². The van der Waals surface area contributed by atoms with Gasteiger partial charge in [0.2, 0.25) is 5.69 Å². The van der Waals surface area contributed by atoms with Crippen molar-refractivity contribution in [3.8, 4) is 5.69 Å². The van der Waals surface area contributed by atoms with Gasteiger partial charge in [0.1, 0.15) is 5.69 Å². The number of nitrogens with zero attached hydrogens (tertiary/aromatic N) is 2. The summed E-state index contributed by atoms with van der Waals surface area (Å²) in [6.07, 6.45) is 0.289. The molecule has 0 atom stereocenters. The van der Waals surface area contributed by atoms with Gasteiger partial charge in [-0.1, -0.05) is 6.07 Å². The molecule has 2 heterocycles. The number of aromatic nitrogens is 2. The third-order valence-corrected chi connectivity index (χ3v) is 2.05. The predicted octanol–water partition coefficient (Wildman–Crippen LogP) is -0.619. The monoisotopic (exact) mass is 260 g/mol. The van der Waals surface area contributed by atoms with E-state index in [0.717, 1.165) is 6.07 Å². The molecule has 0 aliphatic carbocycles. The lowest BCUT2D eigenvalue weighted by molar-refractivity contribution is -0.596. The Bertz CT molecular complexity index is 468. The van der Waals surface area contributed by atoms with E-state index in [1.165, 1.54) is 12.3 Å². The van der Waals surface area contributed by atoms with E-state index in [0.29, 0.717) is 5.69 Å². The minimum Gasteiger partial charge on any atom is -1.00 e. The van der Waals surface area contributed by atoms with Crippen molar-refractivity contribution in [2.24, 2.45) is 0 Å². The number of hydrogen-bond donors (Lipinski definition) is 0. The van der Waals surface area contributed by atoms with Gasteiger partial charge in [-0.05, 0) is 6.07 Å². The van der Waals surface area contributed by atoms with Crippen LogP contribution in [0.25, 0.3) is 5.69 Å². The molecule has 0 aliphatic rings. The Hall–Kier alpha value is -1.62. The molecular weight excluding hydrogens is 253 g/mol. The molecule has 0 aromatic carbocycles. The van der Waals surface area contributed by atoms with Crippen LogP contribution >= 0.6 is 0 Å². The second-order valence-electron chi connectivity index (χ2n) is 3.18. The number of alkyl halides is 3. The van der Waals surface area contributed by atoms with Crippen LogP contribution in [0.3, 0.4) is 0 Å². The molecule has 0 N–H and O–H groups in total. The molecule has 17 heavy (non-hydrogen) atoms. The van der Waals surface area contributed by atoms with Crippen molar-refractivity contribution >= 4 is 0 Å². The van der Waals surface area contributed by atoms with Gasteiger partial charge in [0.05, 0.1) is 6.20 Å². The average Bonchev–Trinajstić information content (AvgIpc) is 2.29. The first-order chi connectivity index (χ1) is 7.57. The molecule has 0 spiro atoms. The van der Waals surface area contributed by atoms with E-state index in [9.17, 15) is 13.2 Å². The Morgan fingerprint density at radius 2 is 1.65 bits per heavy atom. The van der Waals surface area contributed by atoms with Crippen LogP contribution in [0.5, 0.6) is 0 Å². The van der Waals surface area contributed by atoms with E-state index in [1.54, 1.807) is 29.1 Å². The molecule has 90 valence electrons. The molecule has 2 aromatic heterocycles. The quantitative estimate of drug-likeness (QED) is 0.625. The molecule has 2 rings (SSSR count). The van der Waals surface area contributed by atoms with Gasteiger partial charge in [-0.25, -0.2) is 4.98 Å². The van der Waals surface area contributed by atoms with Crippen LogP contribution in [-0.2, 0) is 6.18 Å². The van der Waals surface area contributed by atoms with Crippen LogP contribution in [0, 0.1) is 0 Å². The van der Waals surface area contributed by atoms with Gasteiger partial charge in [0.25, 0.3) is 0 Å². The highest BCUT2D eigenvalue weighted by atomic mass is 35.5. The van der Waals surface area contributed by atoms with E-state index >= 15 is 0 Å². The topological polar surface area (TPSA) is 16.8 Å². The first-order valence-electron chi connectivity index (χ1n) is 4.57. The zero-order valence-corrected chi connectivity index (χ0v) is 9.28. The van der Waals surface area contributed by atoms with Gasteiger partial charge in [0, 0.05) is 18.2 Å². The van der Waals surface area contributed by atoms with Gasteiger partial charge in [-0.15, -0.1) is 0 Å². The molecule has 2 aromatic rings. The van der Waals surface area contributed by atoms with E-state index in [1.807, 2.05) is 6.07 Å². The molecular formula is C11H8ClF3N2. The van der Waals surface area contributed by atoms with E-state index in [-0.39, 0.29) is 12.4 Å². The summed E-state index contributed by atoms with van der Waals surface area (Å²) in [7, 11) is 0. The van der Waals surface area contributed by atoms with Gasteiger partial charge in [0.15, 0.2) is 12.4 Å². The first kappa shape index (κ1) is 13.4. The summed E-state index contributed by atoms with van der Waals surface area (Å²) in [5.41, 5.74) is -0.290. The van der Waals surface area contributed by atoms with Gasteiger partial charge in [-0.3, -0.25) is 0 Å². The maximum Gasteiger partial charge on any atom is 0.433 e. The summed E-state index contributed by atoms with van der Waals surface area (Å²) in [4.78, 5) is 3.38. The van der Waals surface area contributed by atoms with Crippen molar-refractivity contribution in [1.29, 1.82) is 0 Å². The SMILES string of the molecule is FC(F)(F)c1ccc(-[n+]2ccccc2)cn1.[Cl-]. The molecule has 6 heteroatoms. The summed E-state index contributed by atoms with van der Waals surface area (Å²) in [6, 6.07) is 7.76. The summed E-state index contributed by atoms with van der Waals surface area (Å²) in [5, 5.41) is 0. The zero-order valence-electron chi connectivity index (χ0n) is 8.53. The summed E-state index contributed by atoms with van der Waals surface area (Å²) in [5.74, 6) is 0. The van der Waals surface area contributed by atoms with E-state index < -0.39 is 11.9 Å². The van der Waals surface area contributed by atoms with Gasteiger partial charge >= 0.3 is 6.18 Å². The number of halogens is 4. The lowest BCUT2D eigenvalue weighted by atomic mass is 10.3. The van der Waals surface area contributed by atoms with Crippen molar-refractivity contribution in [2.45, 2.75) is 6.18 Å². The summed E-state index contributed by atoms with van der Waals surface area (Å²) in [6.45, 7) is 0. The Labute approximate surface area is 102 Å². The maximum atomic E-state index is 12.3. The summed E-state index contributed by atoms with van der Waals surface area (Å²) < 4.78 is 38.4. The second kappa shape index (κ2) is 5.14. The molecule has 0 saturated heterocycles. The molecule has 0 unspecified atom stereocenters. The van der Waals surface area contributed by atoms with Gasteiger partial charge < -0.3 is 12.4 Å². The third kappa shape index (κ3) is 3.17. The molecule has 0 fully saturated rings. The fourth-order valence-corrected chi connectivity index (χ4v) is 1.28. The minimum absolute atomic E-state index is 0. The Balaban J connectivity index is 0.00000144. The molecule has 0 radical (unpaired) electrons. The smallest absolute Gasteiger partial charge is 0.433 e. The molecule has 0 amide bonds. The number of rotatable bonds is 1. The average molecular weight is 261 g/mol. The highest BCUT2D eigenvalue weighted by Crippen LogP contribution is 2.27. The van der Waals surface area contributed by atoms with Crippen molar-refractivity contribution in [2.75, 3.05) is 0 Å². The highest BCUT2D eigenvalue weighted by Gasteiger charge is 2.32. The normalized spacial score (nSPS) is 10.8. The van der Waals surface area contributed by atoms with Crippen LogP contribution in [0.4, 0.5) is 13.2 Å². The van der Waals surface area contributed by atoms with E-state index in [2.05, 4.69) is 4.98 Å². The fourth-order valence-electron chi connectivity index (χ4n) is 1.28. The third-order valence-electron chi connectivity index (χ3n) is 2.05. The number of hydrogen-bond acceptors (Lipinski definition) is 1. The van der Waals surface area contributed by atoms with Crippen LogP contribution in [0.2, 0.25) is 0 Å².